The Morgan fingerprint density at radius 3 is 1.96 bits per heavy atom. The minimum absolute atomic E-state index is 0.812. The summed E-state index contributed by atoms with van der Waals surface area (Å²) in [6.45, 7) is 0. The van der Waals surface area contributed by atoms with Crippen LogP contribution in [0.1, 0.15) is 0 Å². The van der Waals surface area contributed by atoms with Crippen LogP contribution in [0.4, 0.5) is 0 Å². The highest BCUT2D eigenvalue weighted by atomic mass is 16.5. The zero-order valence-electron chi connectivity index (χ0n) is 13.0. The van der Waals surface area contributed by atoms with Gasteiger partial charge < -0.3 is 4.74 Å². The number of benzene rings is 3. The lowest BCUT2D eigenvalue weighted by Gasteiger charge is -2.06. The smallest absolute Gasteiger partial charge is 0.127 e. The van der Waals surface area contributed by atoms with Crippen molar-refractivity contribution in [1.82, 2.24) is 9.78 Å². The Balaban J connectivity index is 1.54. The fourth-order valence-corrected chi connectivity index (χ4v) is 2.52. The largest absolute Gasteiger partial charge is 0.457 e. The van der Waals surface area contributed by atoms with Crippen LogP contribution in [0.15, 0.2) is 97.2 Å². The van der Waals surface area contributed by atoms with Gasteiger partial charge in [0.2, 0.25) is 0 Å². The van der Waals surface area contributed by atoms with E-state index < -0.39 is 0 Å². The van der Waals surface area contributed by atoms with Crippen LogP contribution in [0, 0.1) is 0 Å². The molecule has 0 aliphatic rings. The zero-order valence-corrected chi connectivity index (χ0v) is 13.0. The summed E-state index contributed by atoms with van der Waals surface area (Å²) in [6.07, 6.45) is 1.97. The van der Waals surface area contributed by atoms with E-state index in [2.05, 4.69) is 5.10 Å². The van der Waals surface area contributed by atoms with Gasteiger partial charge in [0, 0.05) is 11.8 Å². The molecular weight excluding hydrogens is 296 g/mol. The van der Waals surface area contributed by atoms with Crippen LogP contribution in [0.5, 0.6) is 11.5 Å². The average molecular weight is 312 g/mol. The molecule has 3 aromatic carbocycles. The van der Waals surface area contributed by atoms with Gasteiger partial charge in [-0.15, -0.1) is 0 Å². The molecule has 1 aromatic heterocycles. The van der Waals surface area contributed by atoms with E-state index >= 15 is 0 Å². The summed E-state index contributed by atoms with van der Waals surface area (Å²) in [5, 5.41) is 4.64. The molecule has 0 amide bonds. The molecule has 24 heavy (non-hydrogen) atoms. The number of hydrogen-bond donors (Lipinski definition) is 0. The van der Waals surface area contributed by atoms with E-state index in [9.17, 15) is 0 Å². The molecule has 0 spiro atoms. The Labute approximate surface area is 140 Å². The monoisotopic (exact) mass is 312 g/mol. The fourth-order valence-electron chi connectivity index (χ4n) is 2.52. The maximum Gasteiger partial charge on any atom is 0.127 e. The van der Waals surface area contributed by atoms with Crippen molar-refractivity contribution in [2.45, 2.75) is 0 Å². The van der Waals surface area contributed by atoms with Gasteiger partial charge in [0.25, 0.3) is 0 Å². The quantitative estimate of drug-likeness (QED) is 0.509. The molecule has 0 unspecified atom stereocenters. The third kappa shape index (κ3) is 3.06. The van der Waals surface area contributed by atoms with Crippen LogP contribution in [0.25, 0.3) is 16.9 Å². The van der Waals surface area contributed by atoms with Gasteiger partial charge in [-0.2, -0.15) is 5.10 Å². The lowest BCUT2D eigenvalue weighted by molar-refractivity contribution is 0.483. The molecular formula is C21H16N2O. The van der Waals surface area contributed by atoms with Crippen molar-refractivity contribution in [2.75, 3.05) is 0 Å². The minimum atomic E-state index is 0.812. The highest BCUT2D eigenvalue weighted by molar-refractivity contribution is 5.60. The van der Waals surface area contributed by atoms with Gasteiger partial charge in [0.05, 0.1) is 11.4 Å². The molecule has 0 aliphatic heterocycles. The highest BCUT2D eigenvalue weighted by Gasteiger charge is 2.04. The third-order valence-electron chi connectivity index (χ3n) is 3.74. The Morgan fingerprint density at radius 2 is 1.25 bits per heavy atom. The molecule has 0 aliphatic carbocycles. The first-order valence-corrected chi connectivity index (χ1v) is 7.83. The second-order valence-electron chi connectivity index (χ2n) is 5.42. The molecule has 0 saturated heterocycles. The Bertz CT molecular complexity index is 913. The standard InChI is InChI=1S/C21H16N2O/c1-3-7-18(8-4-1)23-16-15-21(22-23)17-11-13-20(14-12-17)24-19-9-5-2-6-10-19/h1-16H. The molecule has 0 saturated carbocycles. The first kappa shape index (κ1) is 14.3. The SMILES string of the molecule is c1ccc(Oc2ccc(-c3ccn(-c4ccccc4)n3)cc2)cc1. The summed E-state index contributed by atoms with van der Waals surface area (Å²) in [5.74, 6) is 1.64. The first-order valence-electron chi connectivity index (χ1n) is 7.83. The summed E-state index contributed by atoms with van der Waals surface area (Å²) in [7, 11) is 0. The lowest BCUT2D eigenvalue weighted by atomic mass is 10.1. The van der Waals surface area contributed by atoms with E-state index in [1.807, 2.05) is 102 Å². The highest BCUT2D eigenvalue weighted by Crippen LogP contribution is 2.25. The second kappa shape index (κ2) is 6.42. The molecule has 0 radical (unpaired) electrons. The van der Waals surface area contributed by atoms with Gasteiger partial charge in [0.15, 0.2) is 0 Å². The van der Waals surface area contributed by atoms with Crippen molar-refractivity contribution in [2.24, 2.45) is 0 Å². The van der Waals surface area contributed by atoms with E-state index in [0.29, 0.717) is 0 Å². The molecule has 116 valence electrons. The van der Waals surface area contributed by atoms with Gasteiger partial charge in [-0.25, -0.2) is 4.68 Å². The number of rotatable bonds is 4. The van der Waals surface area contributed by atoms with E-state index in [-0.39, 0.29) is 0 Å². The molecule has 4 rings (SSSR count). The normalized spacial score (nSPS) is 10.5. The third-order valence-corrected chi connectivity index (χ3v) is 3.74. The average Bonchev–Trinajstić information content (AvgIpc) is 3.14. The first-order chi connectivity index (χ1) is 11.9. The molecule has 0 bridgehead atoms. The topological polar surface area (TPSA) is 27.1 Å². The molecule has 3 heteroatoms. The molecule has 0 fully saturated rings. The lowest BCUT2D eigenvalue weighted by Crippen LogP contribution is -1.94. The maximum absolute atomic E-state index is 5.82. The van der Waals surface area contributed by atoms with Crippen molar-refractivity contribution >= 4 is 0 Å². The van der Waals surface area contributed by atoms with Crippen LogP contribution in [-0.2, 0) is 0 Å². The van der Waals surface area contributed by atoms with Crippen molar-refractivity contribution in [3.63, 3.8) is 0 Å². The molecule has 1 heterocycles. The summed E-state index contributed by atoms with van der Waals surface area (Å²) < 4.78 is 7.70. The summed E-state index contributed by atoms with van der Waals surface area (Å²) in [4.78, 5) is 0. The van der Waals surface area contributed by atoms with Gasteiger partial charge in [-0.1, -0.05) is 36.4 Å². The van der Waals surface area contributed by atoms with E-state index in [1.54, 1.807) is 0 Å². The maximum atomic E-state index is 5.82. The van der Waals surface area contributed by atoms with Gasteiger partial charge in [-0.3, -0.25) is 0 Å². The van der Waals surface area contributed by atoms with Crippen molar-refractivity contribution in [3.8, 4) is 28.4 Å². The molecule has 4 aromatic rings. The van der Waals surface area contributed by atoms with Crippen molar-refractivity contribution < 1.29 is 4.74 Å². The van der Waals surface area contributed by atoms with Gasteiger partial charge in [-0.05, 0) is 54.6 Å². The van der Waals surface area contributed by atoms with E-state index in [4.69, 9.17) is 4.74 Å². The van der Waals surface area contributed by atoms with Gasteiger partial charge in [0.1, 0.15) is 11.5 Å². The van der Waals surface area contributed by atoms with Crippen LogP contribution in [0.3, 0.4) is 0 Å². The van der Waals surface area contributed by atoms with Crippen molar-refractivity contribution in [1.29, 1.82) is 0 Å². The van der Waals surface area contributed by atoms with Gasteiger partial charge >= 0.3 is 0 Å². The predicted octanol–water partition coefficient (Wildman–Crippen LogP) is 5.33. The van der Waals surface area contributed by atoms with Crippen LogP contribution >= 0.6 is 0 Å². The Hall–Kier alpha value is -3.33. The number of hydrogen-bond acceptors (Lipinski definition) is 2. The number of para-hydroxylation sites is 2. The number of ether oxygens (including phenoxy) is 1. The summed E-state index contributed by atoms with van der Waals surface area (Å²) >= 11 is 0. The van der Waals surface area contributed by atoms with Crippen LogP contribution in [-0.4, -0.2) is 9.78 Å². The molecule has 0 atom stereocenters. The van der Waals surface area contributed by atoms with Crippen molar-refractivity contribution in [3.05, 3.63) is 97.2 Å². The second-order valence-corrected chi connectivity index (χ2v) is 5.42. The Morgan fingerprint density at radius 1 is 0.625 bits per heavy atom. The fraction of sp³-hybridized carbons (Fsp3) is 0. The Kier molecular flexibility index (Phi) is 3.82. The minimum Gasteiger partial charge on any atom is -0.457 e. The van der Waals surface area contributed by atoms with E-state index in [1.165, 1.54) is 0 Å². The summed E-state index contributed by atoms with van der Waals surface area (Å²) in [6, 6.07) is 29.8. The van der Waals surface area contributed by atoms with E-state index in [0.717, 1.165) is 28.4 Å². The predicted molar refractivity (Wildman–Crippen MR) is 95.5 cm³/mol. The number of aromatic nitrogens is 2. The molecule has 3 nitrogen and oxygen atoms in total. The van der Waals surface area contributed by atoms with Crippen LogP contribution < -0.4 is 4.74 Å². The van der Waals surface area contributed by atoms with Crippen LogP contribution in [0.2, 0.25) is 0 Å². The number of nitrogens with zero attached hydrogens (tertiary/aromatic N) is 2. The zero-order chi connectivity index (χ0) is 16.2. The molecule has 0 N–H and O–H groups in total. The summed E-state index contributed by atoms with van der Waals surface area (Å²) in [5.41, 5.74) is 3.04.